The van der Waals surface area contributed by atoms with Crippen LogP contribution in [0.25, 0.3) is 0 Å². The molecule has 0 fully saturated rings. The molecule has 0 aromatic heterocycles. The highest BCUT2D eigenvalue weighted by Crippen LogP contribution is 2.17. The number of rotatable bonds is 3. The molecule has 0 aliphatic carbocycles. The maximum atomic E-state index is 11.3. The molecule has 0 amide bonds. The predicted octanol–water partition coefficient (Wildman–Crippen LogP) is 2.24. The molecule has 0 bridgehead atoms. The summed E-state index contributed by atoms with van der Waals surface area (Å²) in [5, 5.41) is 0. The van der Waals surface area contributed by atoms with Gasteiger partial charge in [-0.15, -0.1) is 13.2 Å². The summed E-state index contributed by atoms with van der Waals surface area (Å²) >= 11 is 0. The Balaban J connectivity index is 3.53. The highest BCUT2D eigenvalue weighted by atomic mass is 19.4. The van der Waals surface area contributed by atoms with Crippen molar-refractivity contribution in [1.82, 2.24) is 0 Å². The van der Waals surface area contributed by atoms with Crippen molar-refractivity contribution in [2.24, 2.45) is 0 Å². The molecule has 0 heterocycles. The molecule has 66 valence electrons. The SMILES string of the molecule is CCCCC(=O)OC(F)(F)F. The Morgan fingerprint density at radius 1 is 1.45 bits per heavy atom. The van der Waals surface area contributed by atoms with Crippen molar-refractivity contribution in [1.29, 1.82) is 0 Å². The first-order valence-electron chi connectivity index (χ1n) is 3.24. The molecule has 0 saturated heterocycles. The maximum absolute atomic E-state index is 11.3. The van der Waals surface area contributed by atoms with Crippen LogP contribution >= 0.6 is 0 Å². The predicted molar refractivity (Wildman–Crippen MR) is 31.7 cm³/mol. The Hall–Kier alpha value is -0.740. The number of hydrogen-bond donors (Lipinski definition) is 0. The van der Waals surface area contributed by atoms with E-state index in [4.69, 9.17) is 0 Å². The van der Waals surface area contributed by atoms with Gasteiger partial charge in [-0.2, -0.15) is 0 Å². The first-order chi connectivity index (χ1) is 4.95. The molecule has 0 spiro atoms. The van der Waals surface area contributed by atoms with E-state index in [0.29, 0.717) is 12.8 Å². The van der Waals surface area contributed by atoms with E-state index in [0.717, 1.165) is 0 Å². The number of ether oxygens (including phenoxy) is 1. The molecule has 0 radical (unpaired) electrons. The van der Waals surface area contributed by atoms with E-state index in [1.54, 1.807) is 6.92 Å². The number of halogens is 3. The van der Waals surface area contributed by atoms with Gasteiger partial charge in [-0.25, -0.2) is 0 Å². The summed E-state index contributed by atoms with van der Waals surface area (Å²) in [6.45, 7) is 1.78. The smallest absolute Gasteiger partial charge is 0.373 e. The second-order valence-electron chi connectivity index (χ2n) is 2.02. The molecule has 0 rings (SSSR count). The third-order valence-corrected chi connectivity index (χ3v) is 0.964. The first-order valence-corrected chi connectivity index (χ1v) is 3.24. The van der Waals surface area contributed by atoms with Crippen molar-refractivity contribution in [2.75, 3.05) is 0 Å². The van der Waals surface area contributed by atoms with E-state index >= 15 is 0 Å². The topological polar surface area (TPSA) is 26.3 Å². The van der Waals surface area contributed by atoms with Gasteiger partial charge in [-0.3, -0.25) is 4.79 Å². The Morgan fingerprint density at radius 2 is 2.00 bits per heavy atom. The number of hydrogen-bond acceptors (Lipinski definition) is 2. The quantitative estimate of drug-likeness (QED) is 0.607. The Kier molecular flexibility index (Phi) is 3.92. The van der Waals surface area contributed by atoms with Crippen LogP contribution in [0.3, 0.4) is 0 Å². The van der Waals surface area contributed by atoms with Crippen LogP contribution in [0.2, 0.25) is 0 Å². The van der Waals surface area contributed by atoms with Gasteiger partial charge in [0, 0.05) is 6.42 Å². The lowest BCUT2D eigenvalue weighted by molar-refractivity contribution is -0.305. The molecule has 0 aromatic carbocycles. The highest BCUT2D eigenvalue weighted by molar-refractivity contribution is 5.69. The summed E-state index contributed by atoms with van der Waals surface area (Å²) in [6, 6.07) is 0. The van der Waals surface area contributed by atoms with Crippen LogP contribution in [0.4, 0.5) is 13.2 Å². The normalized spacial score (nSPS) is 11.3. The number of carbonyl (C=O) groups excluding carboxylic acids is 1. The molecule has 0 atom stereocenters. The fraction of sp³-hybridized carbons (Fsp3) is 0.833. The first kappa shape index (κ1) is 10.3. The number of alkyl halides is 3. The largest absolute Gasteiger partial charge is 0.575 e. The summed E-state index contributed by atoms with van der Waals surface area (Å²) in [5.41, 5.74) is 0. The number of esters is 1. The van der Waals surface area contributed by atoms with E-state index in [-0.39, 0.29) is 6.42 Å². The zero-order chi connectivity index (χ0) is 8.91. The van der Waals surface area contributed by atoms with Crippen LogP contribution in [0, 0.1) is 0 Å². The number of unbranched alkanes of at least 4 members (excludes halogenated alkanes) is 1. The molecule has 0 unspecified atom stereocenters. The molecule has 5 heteroatoms. The van der Waals surface area contributed by atoms with Crippen LogP contribution in [0.5, 0.6) is 0 Å². The molecule has 0 N–H and O–H groups in total. The lowest BCUT2D eigenvalue weighted by Gasteiger charge is -2.05. The molecular weight excluding hydrogens is 161 g/mol. The molecule has 2 nitrogen and oxygen atoms in total. The van der Waals surface area contributed by atoms with Crippen molar-refractivity contribution in [2.45, 2.75) is 32.5 Å². The highest BCUT2D eigenvalue weighted by Gasteiger charge is 2.33. The van der Waals surface area contributed by atoms with Gasteiger partial charge in [0.05, 0.1) is 0 Å². The summed E-state index contributed by atoms with van der Waals surface area (Å²) in [6.07, 6.45) is -3.90. The van der Waals surface area contributed by atoms with Gasteiger partial charge in [0.25, 0.3) is 0 Å². The van der Waals surface area contributed by atoms with E-state index < -0.39 is 12.3 Å². The Morgan fingerprint density at radius 3 is 2.36 bits per heavy atom. The van der Waals surface area contributed by atoms with Crippen LogP contribution in [0.1, 0.15) is 26.2 Å². The Labute approximate surface area is 62.3 Å². The van der Waals surface area contributed by atoms with E-state index in [1.165, 1.54) is 0 Å². The molecule has 0 aliphatic rings. The van der Waals surface area contributed by atoms with E-state index in [1.807, 2.05) is 0 Å². The lowest BCUT2D eigenvalue weighted by Crippen LogP contribution is -2.18. The minimum atomic E-state index is -4.83. The van der Waals surface area contributed by atoms with Crippen molar-refractivity contribution < 1.29 is 22.7 Å². The summed E-state index contributed by atoms with van der Waals surface area (Å²) in [5.74, 6) is -1.21. The van der Waals surface area contributed by atoms with Crippen LogP contribution < -0.4 is 0 Å². The second kappa shape index (κ2) is 4.20. The van der Waals surface area contributed by atoms with Crippen LogP contribution in [-0.2, 0) is 9.53 Å². The second-order valence-corrected chi connectivity index (χ2v) is 2.02. The zero-order valence-electron chi connectivity index (χ0n) is 6.07. The molecule has 11 heavy (non-hydrogen) atoms. The molecule has 0 aliphatic heterocycles. The fourth-order valence-corrected chi connectivity index (χ4v) is 0.501. The minimum absolute atomic E-state index is 0.171. The van der Waals surface area contributed by atoms with Crippen LogP contribution in [-0.4, -0.2) is 12.3 Å². The summed E-state index contributed by atoms with van der Waals surface area (Å²) in [4.78, 5) is 10.3. The zero-order valence-corrected chi connectivity index (χ0v) is 6.07. The average molecular weight is 170 g/mol. The van der Waals surface area contributed by atoms with Gasteiger partial charge in [0.1, 0.15) is 0 Å². The van der Waals surface area contributed by atoms with Gasteiger partial charge in [-0.05, 0) is 6.42 Å². The fourth-order valence-electron chi connectivity index (χ4n) is 0.501. The lowest BCUT2D eigenvalue weighted by atomic mass is 10.3. The third-order valence-electron chi connectivity index (χ3n) is 0.964. The van der Waals surface area contributed by atoms with Crippen molar-refractivity contribution in [3.8, 4) is 0 Å². The van der Waals surface area contributed by atoms with Gasteiger partial charge >= 0.3 is 12.3 Å². The number of carbonyl (C=O) groups is 1. The van der Waals surface area contributed by atoms with Crippen molar-refractivity contribution in [3.63, 3.8) is 0 Å². The van der Waals surface area contributed by atoms with Gasteiger partial charge in [0.2, 0.25) is 0 Å². The van der Waals surface area contributed by atoms with Crippen LogP contribution in [0.15, 0.2) is 0 Å². The van der Waals surface area contributed by atoms with Gasteiger partial charge in [0.15, 0.2) is 0 Å². The molecule has 0 saturated carbocycles. The standard InChI is InChI=1S/C6H9F3O2/c1-2-3-4-5(10)11-6(7,8)9/h2-4H2,1H3. The maximum Gasteiger partial charge on any atom is 0.575 e. The van der Waals surface area contributed by atoms with Crippen molar-refractivity contribution in [3.05, 3.63) is 0 Å². The van der Waals surface area contributed by atoms with E-state index in [9.17, 15) is 18.0 Å². The molecular formula is C6H9F3O2. The van der Waals surface area contributed by atoms with E-state index in [2.05, 4.69) is 4.74 Å². The van der Waals surface area contributed by atoms with Gasteiger partial charge in [-0.1, -0.05) is 13.3 Å². The monoisotopic (exact) mass is 170 g/mol. The third kappa shape index (κ3) is 7.15. The van der Waals surface area contributed by atoms with Gasteiger partial charge < -0.3 is 4.74 Å². The minimum Gasteiger partial charge on any atom is -0.373 e. The Bertz CT molecular complexity index is 130. The molecule has 0 aromatic rings. The average Bonchev–Trinajstić information content (AvgIpc) is 1.79. The summed E-state index contributed by atoms with van der Waals surface area (Å²) in [7, 11) is 0. The summed E-state index contributed by atoms with van der Waals surface area (Å²) < 4.78 is 37.0. The van der Waals surface area contributed by atoms with Crippen molar-refractivity contribution >= 4 is 5.97 Å².